The first kappa shape index (κ1) is 12.7. The lowest BCUT2D eigenvalue weighted by Gasteiger charge is -2.59. The summed E-state index contributed by atoms with van der Waals surface area (Å²) in [7, 11) is 0. The second-order valence-electron chi connectivity index (χ2n) is 6.55. The first-order valence-corrected chi connectivity index (χ1v) is 7.12. The lowest BCUT2D eigenvalue weighted by Crippen LogP contribution is -2.58. The van der Waals surface area contributed by atoms with E-state index < -0.39 is 11.9 Å². The molecule has 4 aliphatic carbocycles. The second kappa shape index (κ2) is 4.36. The van der Waals surface area contributed by atoms with Crippen LogP contribution in [-0.4, -0.2) is 22.6 Å². The van der Waals surface area contributed by atoms with E-state index in [1.54, 1.807) is 0 Å². The van der Waals surface area contributed by atoms with Crippen LogP contribution < -0.4 is 0 Å². The quantitative estimate of drug-likeness (QED) is 0.628. The van der Waals surface area contributed by atoms with Gasteiger partial charge in [0.25, 0.3) is 0 Å². The first-order valence-electron chi connectivity index (χ1n) is 7.12. The van der Waals surface area contributed by atoms with Crippen LogP contribution in [0, 0.1) is 23.7 Å². The van der Waals surface area contributed by atoms with Crippen molar-refractivity contribution in [3.05, 3.63) is 12.2 Å². The Morgan fingerprint density at radius 1 is 1.16 bits per heavy atom. The Bertz CT molecular complexity index is 425. The summed E-state index contributed by atoms with van der Waals surface area (Å²) in [6.07, 6.45) is 7.67. The van der Waals surface area contributed by atoms with Crippen molar-refractivity contribution in [3.8, 4) is 0 Å². The molecule has 0 saturated heterocycles. The third-order valence-electron chi connectivity index (χ3n) is 5.41. The molecule has 4 nitrogen and oxygen atoms in total. The molecule has 4 heteroatoms. The van der Waals surface area contributed by atoms with E-state index in [0.29, 0.717) is 23.7 Å². The van der Waals surface area contributed by atoms with Gasteiger partial charge in [-0.25, -0.2) is 9.59 Å². The monoisotopic (exact) mass is 264 g/mol. The molecule has 0 radical (unpaired) electrons. The van der Waals surface area contributed by atoms with Gasteiger partial charge in [0.1, 0.15) is 5.60 Å². The minimum atomic E-state index is -1.12. The number of esters is 1. The molecule has 0 aliphatic heterocycles. The molecule has 0 aromatic carbocycles. The molecule has 19 heavy (non-hydrogen) atoms. The van der Waals surface area contributed by atoms with E-state index in [4.69, 9.17) is 9.84 Å². The predicted molar refractivity (Wildman–Crippen MR) is 68.3 cm³/mol. The van der Waals surface area contributed by atoms with Crippen LogP contribution in [-0.2, 0) is 14.3 Å². The van der Waals surface area contributed by atoms with E-state index in [1.807, 2.05) is 0 Å². The molecular formula is C15H20O4. The van der Waals surface area contributed by atoms with E-state index >= 15 is 0 Å². The van der Waals surface area contributed by atoms with Crippen molar-refractivity contribution in [3.63, 3.8) is 0 Å². The Balaban J connectivity index is 1.75. The van der Waals surface area contributed by atoms with Crippen molar-refractivity contribution < 1.29 is 19.4 Å². The number of carbonyl (C=O) groups is 2. The van der Waals surface area contributed by atoms with Crippen molar-refractivity contribution in [2.45, 2.75) is 44.6 Å². The van der Waals surface area contributed by atoms with E-state index in [-0.39, 0.29) is 5.60 Å². The average Bonchev–Trinajstić information content (AvgIpc) is 2.32. The van der Waals surface area contributed by atoms with Crippen LogP contribution in [0.25, 0.3) is 0 Å². The molecule has 4 fully saturated rings. The Morgan fingerprint density at radius 2 is 1.79 bits per heavy atom. The van der Waals surface area contributed by atoms with Gasteiger partial charge in [0.2, 0.25) is 0 Å². The fourth-order valence-electron chi connectivity index (χ4n) is 4.77. The predicted octanol–water partition coefficient (Wildman–Crippen LogP) is 2.39. The summed E-state index contributed by atoms with van der Waals surface area (Å²) in [5.41, 5.74) is -0.325. The van der Waals surface area contributed by atoms with Gasteiger partial charge in [-0.15, -0.1) is 0 Å². The normalized spacial score (nSPS) is 43.6. The third-order valence-corrected chi connectivity index (χ3v) is 5.41. The summed E-state index contributed by atoms with van der Waals surface area (Å²) in [6.45, 7) is 2.19. The highest BCUT2D eigenvalue weighted by molar-refractivity contribution is 5.90. The largest absolute Gasteiger partial charge is 0.478 e. The van der Waals surface area contributed by atoms with E-state index in [2.05, 4.69) is 6.92 Å². The van der Waals surface area contributed by atoms with Gasteiger partial charge in [0, 0.05) is 12.2 Å². The third kappa shape index (κ3) is 2.17. The molecule has 4 saturated carbocycles. The van der Waals surface area contributed by atoms with Crippen LogP contribution in [0.15, 0.2) is 12.2 Å². The summed E-state index contributed by atoms with van der Waals surface area (Å²) in [5.74, 6) is 0.867. The number of carbonyl (C=O) groups excluding carboxylic acids is 1. The summed E-state index contributed by atoms with van der Waals surface area (Å²) in [6, 6.07) is 0. The topological polar surface area (TPSA) is 63.6 Å². The van der Waals surface area contributed by atoms with Crippen molar-refractivity contribution in [1.82, 2.24) is 0 Å². The van der Waals surface area contributed by atoms with Crippen molar-refractivity contribution in [2.75, 3.05) is 0 Å². The van der Waals surface area contributed by atoms with E-state index in [1.165, 1.54) is 19.3 Å². The first-order chi connectivity index (χ1) is 8.98. The molecule has 0 amide bonds. The van der Waals surface area contributed by atoms with Gasteiger partial charge >= 0.3 is 11.9 Å². The molecule has 4 bridgehead atoms. The highest BCUT2D eigenvalue weighted by Gasteiger charge is 2.57. The summed E-state index contributed by atoms with van der Waals surface area (Å²) >= 11 is 0. The van der Waals surface area contributed by atoms with Gasteiger partial charge in [-0.3, -0.25) is 0 Å². The Morgan fingerprint density at radius 3 is 2.37 bits per heavy atom. The smallest absolute Gasteiger partial charge is 0.331 e. The zero-order valence-electron chi connectivity index (χ0n) is 11.2. The number of ether oxygens (including phenoxy) is 1. The molecule has 0 aromatic heterocycles. The van der Waals surface area contributed by atoms with Crippen molar-refractivity contribution >= 4 is 11.9 Å². The maximum atomic E-state index is 11.8. The highest BCUT2D eigenvalue weighted by atomic mass is 16.6. The van der Waals surface area contributed by atoms with Crippen molar-refractivity contribution in [2.24, 2.45) is 23.7 Å². The van der Waals surface area contributed by atoms with Gasteiger partial charge < -0.3 is 9.84 Å². The van der Waals surface area contributed by atoms with Gasteiger partial charge in [0.15, 0.2) is 0 Å². The fraction of sp³-hybridized carbons (Fsp3) is 0.733. The summed E-state index contributed by atoms with van der Waals surface area (Å²) in [4.78, 5) is 22.2. The Labute approximate surface area is 112 Å². The minimum absolute atomic E-state index is 0.325. The summed E-state index contributed by atoms with van der Waals surface area (Å²) in [5, 5.41) is 8.55. The SMILES string of the molecule is CC1C2CC3CC(C2)CC1(OC(=O)/C=C/C(=O)O)C3. The molecular weight excluding hydrogens is 244 g/mol. The number of carboxylic acids is 1. The van der Waals surface area contributed by atoms with Crippen LogP contribution >= 0.6 is 0 Å². The van der Waals surface area contributed by atoms with E-state index in [0.717, 1.165) is 25.0 Å². The lowest BCUT2D eigenvalue weighted by molar-refractivity contribution is -0.200. The lowest BCUT2D eigenvalue weighted by atomic mass is 9.50. The maximum absolute atomic E-state index is 11.8. The average molecular weight is 264 g/mol. The summed E-state index contributed by atoms with van der Waals surface area (Å²) < 4.78 is 5.72. The minimum Gasteiger partial charge on any atom is -0.478 e. The van der Waals surface area contributed by atoms with Crippen LogP contribution in [0.5, 0.6) is 0 Å². The highest BCUT2D eigenvalue weighted by Crippen LogP contribution is 2.59. The van der Waals surface area contributed by atoms with Crippen molar-refractivity contribution in [1.29, 1.82) is 0 Å². The zero-order chi connectivity index (χ0) is 13.6. The number of aliphatic carboxylic acids is 1. The van der Waals surface area contributed by atoms with Gasteiger partial charge in [-0.1, -0.05) is 6.92 Å². The fourth-order valence-corrected chi connectivity index (χ4v) is 4.77. The number of hydrogen-bond donors (Lipinski definition) is 1. The van der Waals surface area contributed by atoms with Gasteiger partial charge in [0.05, 0.1) is 0 Å². The number of hydrogen-bond acceptors (Lipinski definition) is 3. The Kier molecular flexibility index (Phi) is 2.91. The Hall–Kier alpha value is -1.32. The molecule has 0 heterocycles. The maximum Gasteiger partial charge on any atom is 0.331 e. The van der Waals surface area contributed by atoms with Crippen LogP contribution in [0.3, 0.4) is 0 Å². The van der Waals surface area contributed by atoms with E-state index in [9.17, 15) is 9.59 Å². The molecule has 104 valence electrons. The van der Waals surface area contributed by atoms with Crippen LogP contribution in [0.2, 0.25) is 0 Å². The number of rotatable bonds is 3. The molecule has 0 spiro atoms. The van der Waals surface area contributed by atoms with Gasteiger partial charge in [-0.2, -0.15) is 0 Å². The molecule has 0 aromatic rings. The molecule has 3 atom stereocenters. The molecule has 1 N–H and O–H groups in total. The molecule has 4 rings (SSSR count). The van der Waals surface area contributed by atoms with Crippen LogP contribution in [0.4, 0.5) is 0 Å². The zero-order valence-corrected chi connectivity index (χ0v) is 11.2. The standard InChI is InChI=1S/C15H20O4/c1-9-12-5-10-4-11(6-12)8-15(9,7-10)19-14(18)3-2-13(16)17/h2-3,9-12H,4-8H2,1H3,(H,16,17)/b3-2+. The molecule has 3 unspecified atom stereocenters. The molecule has 4 aliphatic rings. The second-order valence-corrected chi connectivity index (χ2v) is 6.55. The van der Waals surface area contributed by atoms with Crippen LogP contribution in [0.1, 0.15) is 39.0 Å². The van der Waals surface area contributed by atoms with Gasteiger partial charge in [-0.05, 0) is 55.8 Å². The number of carboxylic acid groups (broad SMARTS) is 1.